The second-order valence-electron chi connectivity index (χ2n) is 7.15. The lowest BCUT2D eigenvalue weighted by Gasteiger charge is -2.34. The largest absolute Gasteiger partial charge is 0.338 e. The van der Waals surface area contributed by atoms with E-state index in [2.05, 4.69) is 25.1 Å². The molecule has 1 amide bonds. The van der Waals surface area contributed by atoms with E-state index in [0.29, 0.717) is 5.91 Å². The summed E-state index contributed by atoms with van der Waals surface area (Å²) >= 11 is 0. The molecular weight excluding hydrogens is 300 g/mol. The van der Waals surface area contributed by atoms with Crippen molar-refractivity contribution in [1.29, 1.82) is 5.26 Å². The minimum Gasteiger partial charge on any atom is -0.338 e. The monoisotopic (exact) mass is 328 g/mol. The first kappa shape index (κ1) is 16.9. The van der Waals surface area contributed by atoms with Gasteiger partial charge < -0.3 is 14.7 Å². The molecular formula is C19H28N4O+2. The van der Waals surface area contributed by atoms with Gasteiger partial charge in [-0.25, -0.2) is 0 Å². The number of likely N-dealkylation sites (tertiary alicyclic amines) is 1. The average Bonchev–Trinajstić information content (AvgIpc) is 3.16. The zero-order valence-corrected chi connectivity index (χ0v) is 14.6. The van der Waals surface area contributed by atoms with Crippen molar-refractivity contribution in [2.24, 2.45) is 0 Å². The van der Waals surface area contributed by atoms with Crippen LogP contribution < -0.4 is 9.80 Å². The van der Waals surface area contributed by atoms with Crippen molar-refractivity contribution in [3.05, 3.63) is 35.4 Å². The first-order valence-electron chi connectivity index (χ1n) is 9.13. The van der Waals surface area contributed by atoms with Gasteiger partial charge in [-0.05, 0) is 31.9 Å². The van der Waals surface area contributed by atoms with E-state index in [-0.39, 0.29) is 6.04 Å². The molecule has 0 saturated carbocycles. The predicted octanol–water partition coefficient (Wildman–Crippen LogP) is -1.15. The van der Waals surface area contributed by atoms with Crippen LogP contribution in [0.1, 0.15) is 30.9 Å². The molecule has 2 N–H and O–H groups in total. The minimum absolute atomic E-state index is 0.0968. The SMILES string of the molecule is C[C@@H](C(=O)N1CCCC1)[NH+]1CC[NH+](Cc2ccc(C#N)cc2)CC1. The number of carbonyl (C=O) groups excluding carboxylic acids is 1. The summed E-state index contributed by atoms with van der Waals surface area (Å²) in [5.41, 5.74) is 2.01. The number of carbonyl (C=O) groups is 1. The van der Waals surface area contributed by atoms with Gasteiger partial charge in [-0.2, -0.15) is 5.26 Å². The number of benzene rings is 1. The number of quaternary nitrogens is 2. The summed E-state index contributed by atoms with van der Waals surface area (Å²) in [5.74, 6) is 0.345. The molecule has 0 aromatic heterocycles. The Kier molecular flexibility index (Phi) is 5.49. The number of amides is 1. The summed E-state index contributed by atoms with van der Waals surface area (Å²) in [6.45, 7) is 9.34. The van der Waals surface area contributed by atoms with Crippen LogP contribution in [0.2, 0.25) is 0 Å². The minimum atomic E-state index is 0.0968. The van der Waals surface area contributed by atoms with Crippen molar-refractivity contribution in [1.82, 2.24) is 4.90 Å². The first-order valence-corrected chi connectivity index (χ1v) is 9.13. The van der Waals surface area contributed by atoms with E-state index in [9.17, 15) is 4.79 Å². The second-order valence-corrected chi connectivity index (χ2v) is 7.15. The molecule has 2 saturated heterocycles. The number of nitriles is 1. The van der Waals surface area contributed by atoms with Crippen LogP contribution in [0, 0.1) is 11.3 Å². The number of piperazine rings is 1. The fourth-order valence-corrected chi connectivity index (χ4v) is 3.91. The Morgan fingerprint density at radius 3 is 2.38 bits per heavy atom. The Hall–Kier alpha value is -1.90. The van der Waals surface area contributed by atoms with Gasteiger partial charge in [-0.15, -0.1) is 0 Å². The van der Waals surface area contributed by atoms with Gasteiger partial charge >= 0.3 is 0 Å². The molecule has 2 heterocycles. The van der Waals surface area contributed by atoms with Crippen LogP contribution in [-0.2, 0) is 11.3 Å². The summed E-state index contributed by atoms with van der Waals surface area (Å²) in [4.78, 5) is 17.6. The highest BCUT2D eigenvalue weighted by molar-refractivity contribution is 5.80. The molecule has 128 valence electrons. The second kappa shape index (κ2) is 7.78. The predicted molar refractivity (Wildman–Crippen MR) is 91.5 cm³/mol. The smallest absolute Gasteiger partial charge is 0.280 e. The van der Waals surface area contributed by atoms with Crippen molar-refractivity contribution in [3.63, 3.8) is 0 Å². The van der Waals surface area contributed by atoms with Crippen molar-refractivity contribution in [2.75, 3.05) is 39.3 Å². The molecule has 5 nitrogen and oxygen atoms in total. The molecule has 0 bridgehead atoms. The maximum absolute atomic E-state index is 12.5. The maximum atomic E-state index is 12.5. The van der Waals surface area contributed by atoms with Gasteiger partial charge in [0.25, 0.3) is 5.91 Å². The Balaban J connectivity index is 1.48. The van der Waals surface area contributed by atoms with Crippen molar-refractivity contribution in [3.8, 4) is 6.07 Å². The molecule has 24 heavy (non-hydrogen) atoms. The molecule has 2 aliphatic heterocycles. The van der Waals surface area contributed by atoms with Crippen LogP contribution in [-0.4, -0.2) is 56.1 Å². The third-order valence-electron chi connectivity index (χ3n) is 5.54. The quantitative estimate of drug-likeness (QED) is 0.734. The summed E-state index contributed by atoms with van der Waals surface area (Å²) in [5, 5.41) is 8.87. The van der Waals surface area contributed by atoms with E-state index in [1.165, 1.54) is 10.5 Å². The lowest BCUT2D eigenvalue weighted by Crippen LogP contribution is -3.29. The summed E-state index contributed by atoms with van der Waals surface area (Å²) < 4.78 is 0. The lowest BCUT2D eigenvalue weighted by molar-refractivity contribution is -1.02. The van der Waals surface area contributed by atoms with E-state index >= 15 is 0 Å². The zero-order valence-electron chi connectivity index (χ0n) is 14.6. The summed E-state index contributed by atoms with van der Waals surface area (Å²) in [7, 11) is 0. The van der Waals surface area contributed by atoms with E-state index in [0.717, 1.165) is 64.2 Å². The van der Waals surface area contributed by atoms with Crippen LogP contribution >= 0.6 is 0 Å². The van der Waals surface area contributed by atoms with E-state index < -0.39 is 0 Å². The van der Waals surface area contributed by atoms with Crippen LogP contribution in [0.15, 0.2) is 24.3 Å². The van der Waals surface area contributed by atoms with E-state index in [4.69, 9.17) is 5.26 Å². The number of rotatable bonds is 4. The fourth-order valence-electron chi connectivity index (χ4n) is 3.91. The normalized spacial score (nSPS) is 25.2. The molecule has 5 heteroatoms. The summed E-state index contributed by atoms with van der Waals surface area (Å²) in [6, 6.07) is 10.2. The van der Waals surface area contributed by atoms with Crippen LogP contribution in [0.4, 0.5) is 0 Å². The summed E-state index contributed by atoms with van der Waals surface area (Å²) in [6.07, 6.45) is 2.33. The highest BCUT2D eigenvalue weighted by atomic mass is 16.2. The molecule has 0 spiro atoms. The Labute approximate surface area is 144 Å². The van der Waals surface area contributed by atoms with Crippen LogP contribution in [0.25, 0.3) is 0 Å². The highest BCUT2D eigenvalue weighted by Gasteiger charge is 2.34. The van der Waals surface area contributed by atoms with Crippen molar-refractivity contribution < 1.29 is 14.6 Å². The van der Waals surface area contributed by atoms with Crippen LogP contribution in [0.5, 0.6) is 0 Å². The molecule has 1 aromatic rings. The van der Waals surface area contributed by atoms with E-state index in [1.807, 2.05) is 17.0 Å². The Morgan fingerprint density at radius 2 is 1.79 bits per heavy atom. The molecule has 3 rings (SSSR count). The average molecular weight is 328 g/mol. The molecule has 2 fully saturated rings. The number of nitrogens with zero attached hydrogens (tertiary/aromatic N) is 2. The molecule has 2 aliphatic rings. The molecule has 0 radical (unpaired) electrons. The van der Waals surface area contributed by atoms with Gasteiger partial charge in [0.15, 0.2) is 6.04 Å². The molecule has 1 atom stereocenters. The number of hydrogen-bond donors (Lipinski definition) is 2. The van der Waals surface area contributed by atoms with Gasteiger partial charge in [0.1, 0.15) is 32.7 Å². The standard InChI is InChI=1S/C19H26N4O/c1-16(19(24)23-8-2-3-9-23)22-12-10-21(11-13-22)15-18-6-4-17(14-20)5-7-18/h4-7,16H,2-3,8-13,15H2,1H3/p+2/t16-/m0/s1. The van der Waals surface area contributed by atoms with Crippen molar-refractivity contribution >= 4 is 5.91 Å². The number of hydrogen-bond acceptors (Lipinski definition) is 2. The maximum Gasteiger partial charge on any atom is 0.280 e. The van der Waals surface area contributed by atoms with Gasteiger partial charge in [0.05, 0.1) is 11.6 Å². The van der Waals surface area contributed by atoms with Gasteiger partial charge in [-0.3, -0.25) is 4.79 Å². The van der Waals surface area contributed by atoms with Crippen molar-refractivity contribution in [2.45, 2.75) is 32.4 Å². The molecule has 1 aromatic carbocycles. The first-order chi connectivity index (χ1) is 11.7. The topological polar surface area (TPSA) is 53.0 Å². The third kappa shape index (κ3) is 3.95. The van der Waals surface area contributed by atoms with Crippen LogP contribution in [0.3, 0.4) is 0 Å². The molecule has 0 unspecified atom stereocenters. The van der Waals surface area contributed by atoms with Gasteiger partial charge in [0.2, 0.25) is 0 Å². The highest BCUT2D eigenvalue weighted by Crippen LogP contribution is 2.08. The lowest BCUT2D eigenvalue weighted by atomic mass is 10.1. The number of nitrogens with one attached hydrogen (secondary N) is 2. The third-order valence-corrected chi connectivity index (χ3v) is 5.54. The van der Waals surface area contributed by atoms with Gasteiger partial charge in [-0.1, -0.05) is 12.1 Å². The Bertz CT molecular complexity index is 593. The van der Waals surface area contributed by atoms with E-state index in [1.54, 1.807) is 4.90 Å². The molecule has 0 aliphatic carbocycles. The fraction of sp³-hybridized carbons (Fsp3) is 0.579. The van der Waals surface area contributed by atoms with Gasteiger partial charge in [0, 0.05) is 18.7 Å². The zero-order chi connectivity index (χ0) is 16.9. The Morgan fingerprint density at radius 1 is 1.17 bits per heavy atom.